The molecule has 24 heavy (non-hydrogen) atoms. The van der Waals surface area contributed by atoms with E-state index in [1.807, 2.05) is 18.4 Å². The summed E-state index contributed by atoms with van der Waals surface area (Å²) < 4.78 is 1.83. The largest absolute Gasteiger partial charge is 0.352 e. The number of rotatable bonds is 4. The summed E-state index contributed by atoms with van der Waals surface area (Å²) in [6, 6.07) is 1.63. The molecule has 1 fully saturated rings. The number of aromatic amines is 1. The maximum absolute atomic E-state index is 12.1. The number of aryl methyl sites for hydroxylation is 2. The molecule has 0 saturated carbocycles. The van der Waals surface area contributed by atoms with Crippen LogP contribution >= 0.6 is 0 Å². The monoisotopic (exact) mass is 330 g/mol. The molecule has 0 spiro atoms. The normalized spacial score (nSPS) is 15.5. The number of aromatic nitrogens is 4. The lowest BCUT2D eigenvalue weighted by Crippen LogP contribution is -2.46. The summed E-state index contributed by atoms with van der Waals surface area (Å²) in [6.45, 7) is 5.48. The minimum Gasteiger partial charge on any atom is -0.352 e. The van der Waals surface area contributed by atoms with E-state index in [-0.39, 0.29) is 17.5 Å². The van der Waals surface area contributed by atoms with Crippen LogP contribution in [0, 0.1) is 13.8 Å². The highest BCUT2D eigenvalue weighted by molar-refractivity contribution is 5.76. The topological polar surface area (TPSA) is 95.9 Å². The Hall–Kier alpha value is -2.64. The Kier molecular flexibility index (Phi) is 4.64. The molecule has 3 rings (SSSR count). The molecule has 0 unspecified atom stereocenters. The number of nitrogens with one attached hydrogen (secondary N) is 2. The zero-order valence-corrected chi connectivity index (χ0v) is 14.0. The van der Waals surface area contributed by atoms with Crippen molar-refractivity contribution in [3.05, 3.63) is 40.3 Å². The molecule has 0 aliphatic carbocycles. The lowest BCUT2D eigenvalue weighted by Gasteiger charge is -2.32. The number of hydrogen-bond acceptors (Lipinski definition) is 5. The fourth-order valence-corrected chi connectivity index (χ4v) is 2.95. The van der Waals surface area contributed by atoms with E-state index in [0.717, 1.165) is 31.8 Å². The molecule has 0 aromatic carbocycles. The fraction of sp³-hybridized carbons (Fsp3) is 0.500. The molecular formula is C16H22N6O2. The maximum Gasteiger partial charge on any atom is 0.252 e. The van der Waals surface area contributed by atoms with E-state index in [0.29, 0.717) is 18.2 Å². The molecule has 8 nitrogen and oxygen atoms in total. The van der Waals surface area contributed by atoms with E-state index in [4.69, 9.17) is 0 Å². The molecule has 1 amide bonds. The van der Waals surface area contributed by atoms with Crippen LogP contribution in [0.25, 0.3) is 0 Å². The molecule has 1 saturated heterocycles. The first-order valence-corrected chi connectivity index (χ1v) is 8.11. The number of hydrogen-bond donors (Lipinski definition) is 2. The first-order valence-electron chi connectivity index (χ1n) is 8.11. The number of imidazole rings is 1. The number of anilines is 1. The molecule has 2 aromatic heterocycles. The van der Waals surface area contributed by atoms with Crippen molar-refractivity contribution in [3.63, 3.8) is 0 Å². The average Bonchev–Trinajstić information content (AvgIpc) is 2.92. The average molecular weight is 330 g/mol. The molecule has 128 valence electrons. The van der Waals surface area contributed by atoms with Crippen molar-refractivity contribution in [2.24, 2.45) is 0 Å². The fourth-order valence-electron chi connectivity index (χ4n) is 2.95. The first-order chi connectivity index (χ1) is 11.5. The van der Waals surface area contributed by atoms with Crippen LogP contribution in [0.15, 0.2) is 23.3 Å². The summed E-state index contributed by atoms with van der Waals surface area (Å²) in [6.07, 6.45) is 5.15. The molecule has 2 N–H and O–H groups in total. The van der Waals surface area contributed by atoms with Crippen molar-refractivity contribution in [3.8, 4) is 0 Å². The van der Waals surface area contributed by atoms with E-state index in [1.54, 1.807) is 12.4 Å². The third-order valence-electron chi connectivity index (χ3n) is 4.25. The van der Waals surface area contributed by atoms with Crippen LogP contribution in [-0.2, 0) is 11.3 Å². The van der Waals surface area contributed by atoms with Gasteiger partial charge in [0.1, 0.15) is 12.4 Å². The SMILES string of the molecule is Cc1cc(=O)[nH]c(N2CCC(NC(=O)Cn3ccnc3C)CC2)n1. The summed E-state index contributed by atoms with van der Waals surface area (Å²) in [5, 5.41) is 3.07. The Morgan fingerprint density at radius 3 is 2.75 bits per heavy atom. The highest BCUT2D eigenvalue weighted by atomic mass is 16.2. The molecule has 0 bridgehead atoms. The van der Waals surface area contributed by atoms with Crippen molar-refractivity contribution in [2.45, 2.75) is 39.3 Å². The van der Waals surface area contributed by atoms with Gasteiger partial charge in [-0.2, -0.15) is 0 Å². The highest BCUT2D eigenvalue weighted by Crippen LogP contribution is 2.15. The first kappa shape index (κ1) is 16.2. The van der Waals surface area contributed by atoms with E-state index < -0.39 is 0 Å². The minimum atomic E-state index is -0.136. The molecule has 0 atom stereocenters. The quantitative estimate of drug-likeness (QED) is 0.844. The predicted molar refractivity (Wildman–Crippen MR) is 89.9 cm³/mol. The van der Waals surface area contributed by atoms with E-state index >= 15 is 0 Å². The predicted octanol–water partition coefficient (Wildman–Crippen LogP) is 0.368. The summed E-state index contributed by atoms with van der Waals surface area (Å²) in [5.41, 5.74) is 0.573. The summed E-state index contributed by atoms with van der Waals surface area (Å²) in [5.74, 6) is 1.44. The Bertz CT molecular complexity index is 773. The lowest BCUT2D eigenvalue weighted by atomic mass is 10.1. The molecule has 3 heterocycles. The van der Waals surface area contributed by atoms with Gasteiger partial charge in [0.05, 0.1) is 0 Å². The minimum absolute atomic E-state index is 0.00311. The number of carbonyl (C=O) groups excluding carboxylic acids is 1. The molecule has 1 aliphatic heterocycles. The van der Waals surface area contributed by atoms with Crippen molar-refractivity contribution in [1.29, 1.82) is 0 Å². The Morgan fingerprint density at radius 2 is 2.12 bits per heavy atom. The van der Waals surface area contributed by atoms with Crippen LogP contribution in [0.4, 0.5) is 5.95 Å². The zero-order valence-electron chi connectivity index (χ0n) is 14.0. The second-order valence-electron chi connectivity index (χ2n) is 6.14. The van der Waals surface area contributed by atoms with Crippen LogP contribution in [0.2, 0.25) is 0 Å². The van der Waals surface area contributed by atoms with Crippen LogP contribution in [0.5, 0.6) is 0 Å². The van der Waals surface area contributed by atoms with Gasteiger partial charge in [0, 0.05) is 43.3 Å². The third kappa shape index (κ3) is 3.81. The van der Waals surface area contributed by atoms with Crippen LogP contribution in [-0.4, -0.2) is 44.6 Å². The third-order valence-corrected chi connectivity index (χ3v) is 4.25. The second kappa shape index (κ2) is 6.86. The molecule has 8 heteroatoms. The molecule has 0 radical (unpaired) electrons. The Labute approximate surface area is 139 Å². The van der Waals surface area contributed by atoms with Gasteiger partial charge < -0.3 is 14.8 Å². The smallest absolute Gasteiger partial charge is 0.252 e. The van der Waals surface area contributed by atoms with Gasteiger partial charge in [0.25, 0.3) is 5.56 Å². The summed E-state index contributed by atoms with van der Waals surface area (Å²) >= 11 is 0. The summed E-state index contributed by atoms with van der Waals surface area (Å²) in [4.78, 5) is 37.0. The van der Waals surface area contributed by atoms with E-state index in [1.165, 1.54) is 6.07 Å². The number of carbonyl (C=O) groups is 1. The van der Waals surface area contributed by atoms with Crippen molar-refractivity contribution < 1.29 is 4.79 Å². The summed E-state index contributed by atoms with van der Waals surface area (Å²) in [7, 11) is 0. The zero-order chi connectivity index (χ0) is 17.1. The lowest BCUT2D eigenvalue weighted by molar-refractivity contribution is -0.122. The van der Waals surface area contributed by atoms with Crippen molar-refractivity contribution in [2.75, 3.05) is 18.0 Å². The number of piperidine rings is 1. The van der Waals surface area contributed by atoms with Crippen LogP contribution < -0.4 is 15.8 Å². The van der Waals surface area contributed by atoms with Gasteiger partial charge >= 0.3 is 0 Å². The van der Waals surface area contributed by atoms with E-state index in [9.17, 15) is 9.59 Å². The molecular weight excluding hydrogens is 308 g/mol. The number of nitrogens with zero attached hydrogens (tertiary/aromatic N) is 4. The number of amides is 1. The van der Waals surface area contributed by atoms with Crippen LogP contribution in [0.1, 0.15) is 24.4 Å². The van der Waals surface area contributed by atoms with Crippen molar-refractivity contribution >= 4 is 11.9 Å². The maximum atomic E-state index is 12.1. The van der Waals surface area contributed by atoms with Gasteiger partial charge in [0.15, 0.2) is 0 Å². The molecule has 1 aliphatic rings. The van der Waals surface area contributed by atoms with E-state index in [2.05, 4.69) is 25.2 Å². The van der Waals surface area contributed by atoms with Gasteiger partial charge in [-0.1, -0.05) is 0 Å². The highest BCUT2D eigenvalue weighted by Gasteiger charge is 2.22. The van der Waals surface area contributed by atoms with Gasteiger partial charge in [0.2, 0.25) is 11.9 Å². The standard InChI is InChI=1S/C16H22N6O2/c1-11-9-14(23)20-16(18-11)21-6-3-13(4-7-21)19-15(24)10-22-8-5-17-12(22)2/h5,8-9,13H,3-4,6-7,10H2,1-2H3,(H,19,24)(H,18,20,23). The second-order valence-corrected chi connectivity index (χ2v) is 6.14. The number of H-pyrrole nitrogens is 1. The van der Waals surface area contributed by atoms with Gasteiger partial charge in [-0.05, 0) is 26.7 Å². The van der Waals surface area contributed by atoms with Gasteiger partial charge in [-0.3, -0.25) is 14.6 Å². The van der Waals surface area contributed by atoms with Crippen LogP contribution in [0.3, 0.4) is 0 Å². The van der Waals surface area contributed by atoms with Gasteiger partial charge in [-0.15, -0.1) is 0 Å². The Balaban J connectivity index is 1.52. The molecule has 2 aromatic rings. The Morgan fingerprint density at radius 1 is 1.38 bits per heavy atom. The van der Waals surface area contributed by atoms with Gasteiger partial charge in [-0.25, -0.2) is 9.97 Å². The van der Waals surface area contributed by atoms with Crippen molar-refractivity contribution in [1.82, 2.24) is 24.8 Å².